The molecule has 1 aromatic carbocycles. The molecule has 4 heterocycles. The van der Waals surface area contributed by atoms with E-state index >= 15 is 0 Å². The molecule has 4 aromatic rings. The number of nitrogens with one attached hydrogen (secondary N) is 1. The maximum absolute atomic E-state index is 5.89. The number of thiocarbonyl (C=S) groups is 1. The lowest BCUT2D eigenvalue weighted by Crippen LogP contribution is -2.29. The monoisotopic (exact) mass is 481 g/mol. The van der Waals surface area contributed by atoms with Crippen LogP contribution in [0.25, 0.3) is 5.69 Å². The Morgan fingerprint density at radius 1 is 1.00 bits per heavy atom. The van der Waals surface area contributed by atoms with Crippen LogP contribution in [-0.4, -0.2) is 24.5 Å². The fourth-order valence-corrected chi connectivity index (χ4v) is 5.66. The predicted octanol–water partition coefficient (Wildman–Crippen LogP) is 5.93. The summed E-state index contributed by atoms with van der Waals surface area (Å²) >= 11 is 5.89. The van der Waals surface area contributed by atoms with E-state index in [1.165, 1.54) is 33.8 Å². The number of rotatable bonds is 6. The highest BCUT2D eigenvalue weighted by atomic mass is 32.1. The van der Waals surface area contributed by atoms with Gasteiger partial charge in [0.05, 0.1) is 23.5 Å². The van der Waals surface area contributed by atoms with Gasteiger partial charge in [-0.15, -0.1) is 0 Å². The highest BCUT2D eigenvalue weighted by molar-refractivity contribution is 7.80. The summed E-state index contributed by atoms with van der Waals surface area (Å²) in [6.07, 6.45) is 6.56. The number of hydrogen-bond donors (Lipinski definition) is 1. The van der Waals surface area contributed by atoms with Crippen molar-refractivity contribution >= 4 is 17.3 Å². The molecule has 1 fully saturated rings. The van der Waals surface area contributed by atoms with Gasteiger partial charge in [0.1, 0.15) is 0 Å². The summed E-state index contributed by atoms with van der Waals surface area (Å²) in [6.45, 7) is 9.53. The number of hydrogen-bond acceptors (Lipinski definition) is 3. The minimum atomic E-state index is -0.0446. The number of nitrogens with zero attached hydrogens (tertiary/aromatic N) is 4. The average molecular weight is 482 g/mol. The third-order valence-electron chi connectivity index (χ3n) is 6.99. The Morgan fingerprint density at radius 2 is 1.86 bits per heavy atom. The molecule has 1 saturated heterocycles. The van der Waals surface area contributed by atoms with Crippen LogP contribution in [0.3, 0.4) is 0 Å². The zero-order valence-electron chi connectivity index (χ0n) is 20.7. The maximum atomic E-state index is 5.89. The number of para-hydroxylation sites is 1. The van der Waals surface area contributed by atoms with Crippen LogP contribution in [0.4, 0.5) is 0 Å². The summed E-state index contributed by atoms with van der Waals surface area (Å²) in [7, 11) is 0. The van der Waals surface area contributed by atoms with Crippen LogP contribution >= 0.6 is 12.2 Å². The van der Waals surface area contributed by atoms with Gasteiger partial charge in [-0.25, -0.2) is 0 Å². The summed E-state index contributed by atoms with van der Waals surface area (Å²) < 4.78 is 2.42. The van der Waals surface area contributed by atoms with Gasteiger partial charge in [0, 0.05) is 36.5 Å². The van der Waals surface area contributed by atoms with Gasteiger partial charge in [0.15, 0.2) is 5.11 Å². The molecule has 178 valence electrons. The number of aryl methyl sites for hydroxylation is 3. The average Bonchev–Trinajstić information content (AvgIpc) is 3.35. The first kappa shape index (κ1) is 23.2. The highest BCUT2D eigenvalue weighted by Crippen LogP contribution is 2.42. The third kappa shape index (κ3) is 4.23. The molecule has 0 amide bonds. The van der Waals surface area contributed by atoms with Gasteiger partial charge < -0.3 is 14.8 Å². The zero-order chi connectivity index (χ0) is 24.5. The van der Waals surface area contributed by atoms with E-state index in [0.29, 0.717) is 6.54 Å². The molecule has 6 heteroatoms. The smallest absolute Gasteiger partial charge is 0.170 e. The van der Waals surface area contributed by atoms with Crippen LogP contribution in [-0.2, 0) is 13.0 Å². The quantitative estimate of drug-likeness (QED) is 0.346. The summed E-state index contributed by atoms with van der Waals surface area (Å²) in [5, 5.41) is 4.32. The molecule has 0 unspecified atom stereocenters. The van der Waals surface area contributed by atoms with Gasteiger partial charge >= 0.3 is 0 Å². The normalized spacial score (nSPS) is 17.6. The van der Waals surface area contributed by atoms with E-state index in [1.807, 2.05) is 30.6 Å². The Kier molecular flexibility index (Phi) is 6.39. The second kappa shape index (κ2) is 9.62. The van der Waals surface area contributed by atoms with Crippen LogP contribution in [0.1, 0.15) is 58.3 Å². The van der Waals surface area contributed by atoms with Crippen LogP contribution < -0.4 is 5.32 Å². The number of aromatic nitrogens is 3. The Balaban J connectivity index is 1.66. The van der Waals surface area contributed by atoms with Crippen molar-refractivity contribution in [2.24, 2.45) is 0 Å². The lowest BCUT2D eigenvalue weighted by molar-refractivity contribution is 0.310. The standard InChI is InChI=1S/C29H31N5S/c1-5-23-12-8-10-19(2)27(23)34-20(3)16-24(21(34)4)28-26(25-13-6-7-15-31-25)32-29(35)33(28)18-22-11-9-14-30-17-22/h6-17,26,28H,5,18H2,1-4H3,(H,32,35)/t26-,28-/m1/s1. The molecule has 1 aliphatic rings. The molecule has 0 saturated carbocycles. The molecule has 0 aliphatic carbocycles. The van der Waals surface area contributed by atoms with Crippen LogP contribution in [0, 0.1) is 20.8 Å². The highest BCUT2D eigenvalue weighted by Gasteiger charge is 2.41. The first-order valence-corrected chi connectivity index (χ1v) is 12.5. The Labute approximate surface area is 212 Å². The SMILES string of the molecule is CCc1cccc(C)c1-n1c(C)cc([C@@H]2[C@@H](c3ccccn3)NC(=S)N2Cc2cccnc2)c1C. The first-order valence-electron chi connectivity index (χ1n) is 12.1. The summed E-state index contributed by atoms with van der Waals surface area (Å²) in [5.41, 5.74) is 9.77. The van der Waals surface area contributed by atoms with Gasteiger partial charge in [-0.3, -0.25) is 9.97 Å². The molecule has 5 nitrogen and oxygen atoms in total. The Hall–Kier alpha value is -3.51. The van der Waals surface area contributed by atoms with Crippen LogP contribution in [0.5, 0.6) is 0 Å². The lowest BCUT2D eigenvalue weighted by atomic mass is 9.96. The molecule has 0 bridgehead atoms. The van der Waals surface area contributed by atoms with E-state index in [0.717, 1.165) is 22.8 Å². The minimum Gasteiger partial charge on any atom is -0.352 e. The molecule has 3 aromatic heterocycles. The molecule has 1 aliphatic heterocycles. The van der Waals surface area contributed by atoms with Crippen molar-refractivity contribution in [3.8, 4) is 5.69 Å². The van der Waals surface area contributed by atoms with Crippen molar-refractivity contribution in [3.63, 3.8) is 0 Å². The van der Waals surface area contributed by atoms with Crippen molar-refractivity contribution in [1.29, 1.82) is 0 Å². The van der Waals surface area contributed by atoms with E-state index in [1.54, 1.807) is 6.20 Å². The van der Waals surface area contributed by atoms with E-state index in [4.69, 9.17) is 17.2 Å². The largest absolute Gasteiger partial charge is 0.352 e. The van der Waals surface area contributed by atoms with Crippen molar-refractivity contribution in [2.75, 3.05) is 0 Å². The van der Waals surface area contributed by atoms with Gasteiger partial charge in [-0.05, 0) is 85.9 Å². The van der Waals surface area contributed by atoms with E-state index in [9.17, 15) is 0 Å². The summed E-state index contributed by atoms with van der Waals surface area (Å²) in [5.74, 6) is 0. The van der Waals surface area contributed by atoms with Gasteiger partial charge in [-0.2, -0.15) is 0 Å². The number of pyridine rings is 2. The zero-order valence-corrected chi connectivity index (χ0v) is 21.5. The van der Waals surface area contributed by atoms with Gasteiger partial charge in [0.25, 0.3) is 0 Å². The van der Waals surface area contributed by atoms with E-state index in [-0.39, 0.29) is 12.1 Å². The molecule has 1 N–H and O–H groups in total. The summed E-state index contributed by atoms with van der Waals surface area (Å²) in [6, 6.07) is 19.0. The maximum Gasteiger partial charge on any atom is 0.170 e. The second-order valence-corrected chi connectivity index (χ2v) is 9.60. The van der Waals surface area contributed by atoms with E-state index < -0.39 is 0 Å². The fourth-order valence-electron chi connectivity index (χ4n) is 5.36. The van der Waals surface area contributed by atoms with Gasteiger partial charge in [-0.1, -0.05) is 37.3 Å². The molecular weight excluding hydrogens is 450 g/mol. The van der Waals surface area contributed by atoms with Crippen molar-refractivity contribution < 1.29 is 0 Å². The van der Waals surface area contributed by atoms with Gasteiger partial charge in [0.2, 0.25) is 0 Å². The van der Waals surface area contributed by atoms with Crippen molar-refractivity contribution in [1.82, 2.24) is 24.8 Å². The number of benzene rings is 1. The molecule has 5 rings (SSSR count). The van der Waals surface area contributed by atoms with Crippen LogP contribution in [0.2, 0.25) is 0 Å². The lowest BCUT2D eigenvalue weighted by Gasteiger charge is -2.28. The molecule has 35 heavy (non-hydrogen) atoms. The van der Waals surface area contributed by atoms with Crippen molar-refractivity contribution in [3.05, 3.63) is 113 Å². The third-order valence-corrected chi connectivity index (χ3v) is 7.34. The minimum absolute atomic E-state index is 0.00616. The Morgan fingerprint density at radius 3 is 2.57 bits per heavy atom. The summed E-state index contributed by atoms with van der Waals surface area (Å²) in [4.78, 5) is 11.3. The molecule has 2 atom stereocenters. The molecular formula is C29H31N5S. The second-order valence-electron chi connectivity index (χ2n) is 9.21. The molecule has 0 radical (unpaired) electrons. The topological polar surface area (TPSA) is 46.0 Å². The predicted molar refractivity (Wildman–Crippen MR) is 145 cm³/mol. The first-order chi connectivity index (χ1) is 17.0. The van der Waals surface area contributed by atoms with Crippen molar-refractivity contribution in [2.45, 2.75) is 52.7 Å². The fraction of sp³-hybridized carbons (Fsp3) is 0.276. The van der Waals surface area contributed by atoms with E-state index in [2.05, 4.69) is 83.9 Å². The Bertz CT molecular complexity index is 1350. The van der Waals surface area contributed by atoms with Crippen LogP contribution in [0.15, 0.2) is 73.2 Å². The molecule has 0 spiro atoms.